The smallest absolute Gasteiger partial charge is 0.260 e. The minimum atomic E-state index is 0.0387. The van der Waals surface area contributed by atoms with Gasteiger partial charge in [-0.1, -0.05) is 52.0 Å². The summed E-state index contributed by atoms with van der Waals surface area (Å²) < 4.78 is 0. The zero-order valence-corrected chi connectivity index (χ0v) is 18.7. The van der Waals surface area contributed by atoms with Gasteiger partial charge in [-0.05, 0) is 42.7 Å². The van der Waals surface area contributed by atoms with Gasteiger partial charge in [0.2, 0.25) is 0 Å². The molecule has 0 radical (unpaired) electrons. The number of aryl methyl sites for hydroxylation is 2. The minimum absolute atomic E-state index is 0.0387. The van der Waals surface area contributed by atoms with E-state index in [0.717, 1.165) is 41.7 Å². The molecule has 0 aliphatic heterocycles. The van der Waals surface area contributed by atoms with E-state index in [0.29, 0.717) is 24.4 Å². The molecule has 0 unspecified atom stereocenters. The lowest BCUT2D eigenvalue weighted by molar-refractivity contribution is -0.718. The van der Waals surface area contributed by atoms with Gasteiger partial charge in [0.1, 0.15) is 17.4 Å². The molecular formula is C24H32N3OS+. The Morgan fingerprint density at radius 2 is 1.86 bits per heavy atom. The second-order valence-corrected chi connectivity index (χ2v) is 9.82. The number of benzene rings is 1. The van der Waals surface area contributed by atoms with Crippen molar-refractivity contribution < 1.29 is 5.32 Å². The number of hydrogen-bond donors (Lipinski definition) is 2. The molecule has 2 aromatic heterocycles. The Balaban J connectivity index is 1.53. The molecule has 0 bridgehead atoms. The summed E-state index contributed by atoms with van der Waals surface area (Å²) in [5, 5.41) is 3.15. The molecule has 29 heavy (non-hydrogen) atoms. The molecule has 2 atom stereocenters. The summed E-state index contributed by atoms with van der Waals surface area (Å²) in [5.74, 6) is 1.87. The van der Waals surface area contributed by atoms with Crippen LogP contribution in [0.25, 0.3) is 10.2 Å². The van der Waals surface area contributed by atoms with Crippen molar-refractivity contribution in [3.05, 3.63) is 62.0 Å². The van der Waals surface area contributed by atoms with Crippen LogP contribution < -0.4 is 10.9 Å². The number of H-pyrrole nitrogens is 1. The molecule has 5 heteroatoms. The number of nitrogens with two attached hydrogens (primary N) is 1. The first kappa shape index (κ1) is 20.3. The number of thiophene rings is 1. The number of nitrogens with zero attached hydrogens (tertiary/aromatic N) is 1. The van der Waals surface area contributed by atoms with Crippen molar-refractivity contribution in [1.82, 2.24) is 9.97 Å². The van der Waals surface area contributed by atoms with Crippen LogP contribution in [0.3, 0.4) is 0 Å². The largest absolute Gasteiger partial charge is 0.334 e. The highest BCUT2D eigenvalue weighted by Gasteiger charge is 2.23. The molecule has 0 saturated heterocycles. The van der Waals surface area contributed by atoms with Gasteiger partial charge < -0.3 is 10.3 Å². The number of rotatable bonds is 7. The third kappa shape index (κ3) is 4.03. The van der Waals surface area contributed by atoms with Gasteiger partial charge in [-0.3, -0.25) is 4.79 Å². The average molecular weight is 411 g/mol. The Kier molecular flexibility index (Phi) is 5.88. The predicted molar refractivity (Wildman–Crippen MR) is 121 cm³/mol. The second kappa shape index (κ2) is 8.41. The maximum Gasteiger partial charge on any atom is 0.260 e. The number of hydrogen-bond acceptors (Lipinski definition) is 3. The van der Waals surface area contributed by atoms with Crippen molar-refractivity contribution >= 4 is 21.6 Å². The zero-order valence-electron chi connectivity index (χ0n) is 17.9. The average Bonchev–Trinajstić information content (AvgIpc) is 3.28. The van der Waals surface area contributed by atoms with E-state index in [1.807, 2.05) is 0 Å². The van der Waals surface area contributed by atoms with Crippen LogP contribution in [0, 0.1) is 5.92 Å². The summed E-state index contributed by atoms with van der Waals surface area (Å²) in [6.07, 6.45) is 4.44. The summed E-state index contributed by atoms with van der Waals surface area (Å²) in [4.78, 5) is 22.8. The lowest BCUT2D eigenvalue weighted by Crippen LogP contribution is -2.85. The molecule has 4 nitrogen and oxygen atoms in total. The molecule has 4 rings (SSSR count). The topological polar surface area (TPSA) is 62.4 Å². The van der Waals surface area contributed by atoms with Crippen LogP contribution in [0.2, 0.25) is 0 Å². The fraction of sp³-hybridized carbons (Fsp3) is 0.500. The number of aromatic nitrogens is 2. The van der Waals surface area contributed by atoms with Crippen LogP contribution in [0.4, 0.5) is 0 Å². The van der Waals surface area contributed by atoms with Crippen LogP contribution >= 0.6 is 11.3 Å². The molecule has 2 heterocycles. The first-order valence-electron chi connectivity index (χ1n) is 10.9. The lowest BCUT2D eigenvalue weighted by Gasteiger charge is -2.20. The van der Waals surface area contributed by atoms with Gasteiger partial charge >= 0.3 is 0 Å². The molecule has 3 N–H and O–H groups in total. The van der Waals surface area contributed by atoms with Gasteiger partial charge in [0.05, 0.1) is 5.39 Å². The Labute approximate surface area is 176 Å². The van der Waals surface area contributed by atoms with E-state index < -0.39 is 0 Å². The fourth-order valence-electron chi connectivity index (χ4n) is 4.46. The Morgan fingerprint density at radius 3 is 2.55 bits per heavy atom. The molecule has 154 valence electrons. The predicted octanol–water partition coefficient (Wildman–Crippen LogP) is 4.45. The van der Waals surface area contributed by atoms with Gasteiger partial charge in [0.15, 0.2) is 5.82 Å². The van der Waals surface area contributed by atoms with Gasteiger partial charge in [-0.2, -0.15) is 0 Å². The number of nitrogens with one attached hydrogen (secondary N) is 1. The Bertz CT molecular complexity index is 1050. The Morgan fingerprint density at radius 1 is 1.14 bits per heavy atom. The molecule has 0 spiro atoms. The summed E-state index contributed by atoms with van der Waals surface area (Å²) in [7, 11) is 0. The summed E-state index contributed by atoms with van der Waals surface area (Å²) in [5.41, 5.74) is 4.03. The lowest BCUT2D eigenvalue weighted by atomic mass is 9.92. The van der Waals surface area contributed by atoms with E-state index in [9.17, 15) is 4.79 Å². The number of fused-ring (bicyclic) bond motifs is 3. The van der Waals surface area contributed by atoms with Crippen LogP contribution in [-0.4, -0.2) is 9.97 Å². The second-order valence-electron chi connectivity index (χ2n) is 8.74. The fourth-order valence-corrected chi connectivity index (χ4v) is 5.74. The van der Waals surface area contributed by atoms with E-state index in [-0.39, 0.29) is 5.56 Å². The first-order chi connectivity index (χ1) is 14.0. The molecule has 1 aromatic carbocycles. The van der Waals surface area contributed by atoms with E-state index in [2.05, 4.69) is 62.3 Å². The molecule has 0 amide bonds. The van der Waals surface area contributed by atoms with E-state index in [1.165, 1.54) is 21.6 Å². The molecule has 3 aromatic rings. The van der Waals surface area contributed by atoms with Crippen LogP contribution in [0.15, 0.2) is 29.1 Å². The van der Waals surface area contributed by atoms with Crippen LogP contribution in [-0.2, 0) is 19.4 Å². The summed E-state index contributed by atoms with van der Waals surface area (Å²) >= 11 is 1.71. The quantitative estimate of drug-likeness (QED) is 0.604. The maximum atomic E-state index is 12.7. The van der Waals surface area contributed by atoms with Crippen LogP contribution in [0.5, 0.6) is 0 Å². The monoisotopic (exact) mass is 410 g/mol. The third-order valence-corrected chi connectivity index (χ3v) is 7.60. The number of quaternary nitrogens is 1. The Hall–Kier alpha value is -1.98. The van der Waals surface area contributed by atoms with Crippen molar-refractivity contribution in [2.75, 3.05) is 0 Å². The van der Waals surface area contributed by atoms with Gasteiger partial charge in [0, 0.05) is 16.4 Å². The minimum Gasteiger partial charge on any atom is -0.334 e. The van der Waals surface area contributed by atoms with Crippen molar-refractivity contribution in [3.8, 4) is 0 Å². The molecule has 0 fully saturated rings. The van der Waals surface area contributed by atoms with Gasteiger partial charge in [-0.25, -0.2) is 4.98 Å². The van der Waals surface area contributed by atoms with E-state index >= 15 is 0 Å². The summed E-state index contributed by atoms with van der Waals surface area (Å²) in [6, 6.07) is 9.42. The van der Waals surface area contributed by atoms with E-state index in [4.69, 9.17) is 4.98 Å². The molecular weight excluding hydrogens is 378 g/mol. The molecule has 0 saturated carbocycles. The van der Waals surface area contributed by atoms with Crippen molar-refractivity contribution in [1.29, 1.82) is 0 Å². The van der Waals surface area contributed by atoms with Crippen molar-refractivity contribution in [3.63, 3.8) is 0 Å². The third-order valence-electron chi connectivity index (χ3n) is 6.41. The zero-order chi connectivity index (χ0) is 20.5. The van der Waals surface area contributed by atoms with Gasteiger partial charge in [-0.15, -0.1) is 11.3 Å². The SMILES string of the molecule is CC[C@H](C)c1ccc([C@H]([NH2+]Cc2nc3sc4c(c3c(=O)[nH]2)CCC4)C(C)C)cc1. The normalized spacial score (nSPS) is 15.8. The maximum absolute atomic E-state index is 12.7. The van der Waals surface area contributed by atoms with Crippen molar-refractivity contribution in [2.24, 2.45) is 5.92 Å². The van der Waals surface area contributed by atoms with Crippen molar-refractivity contribution in [2.45, 2.75) is 71.9 Å². The highest BCUT2D eigenvalue weighted by Crippen LogP contribution is 2.34. The highest BCUT2D eigenvalue weighted by molar-refractivity contribution is 7.18. The summed E-state index contributed by atoms with van der Waals surface area (Å²) in [6.45, 7) is 9.71. The standard InChI is InChI=1S/C24H31N3OS/c1-5-15(4)16-9-11-17(12-10-16)22(14(2)3)25-13-20-26-23(28)21-18-7-6-8-19(18)29-24(21)27-20/h9-12,14-15,22,25H,5-8,13H2,1-4H3,(H,26,27,28)/p+1/t15-,22+/m0/s1. The van der Waals surface area contributed by atoms with E-state index in [1.54, 1.807) is 11.3 Å². The first-order valence-corrected chi connectivity index (χ1v) is 11.8. The van der Waals surface area contributed by atoms with Gasteiger partial charge in [0.25, 0.3) is 5.56 Å². The van der Waals surface area contributed by atoms with Crippen LogP contribution in [0.1, 0.15) is 79.9 Å². The number of aromatic amines is 1. The highest BCUT2D eigenvalue weighted by atomic mass is 32.1. The molecule has 1 aliphatic rings. The molecule has 1 aliphatic carbocycles.